The van der Waals surface area contributed by atoms with E-state index < -0.39 is 18.0 Å². The van der Waals surface area contributed by atoms with E-state index in [-0.39, 0.29) is 6.04 Å². The number of unbranched alkanes of at least 4 members (excludes halogenated alkanes) is 1. The summed E-state index contributed by atoms with van der Waals surface area (Å²) in [6, 6.07) is -1.56. The van der Waals surface area contributed by atoms with E-state index in [2.05, 4.69) is 15.6 Å². The summed E-state index contributed by atoms with van der Waals surface area (Å²) in [7, 11) is 0. The molecule has 0 fully saturated rings. The van der Waals surface area contributed by atoms with E-state index >= 15 is 0 Å². The van der Waals surface area contributed by atoms with Crippen LogP contribution in [-0.2, 0) is 11.2 Å². The minimum Gasteiger partial charge on any atom is -0.480 e. The Bertz CT molecular complexity index is 476. The molecule has 0 aliphatic carbocycles. The van der Waals surface area contributed by atoms with Gasteiger partial charge >= 0.3 is 12.0 Å². The Morgan fingerprint density at radius 3 is 2.62 bits per heavy atom. The molecule has 0 aliphatic heterocycles. The number of carboxylic acids is 1. The van der Waals surface area contributed by atoms with E-state index in [1.807, 2.05) is 20.8 Å². The Kier molecular flexibility index (Phi) is 7.14. The summed E-state index contributed by atoms with van der Waals surface area (Å²) in [5, 5.41) is 15.1. The van der Waals surface area contributed by atoms with Gasteiger partial charge in [0.25, 0.3) is 0 Å². The number of urea groups is 1. The molecule has 3 N–H and O–H groups in total. The molecule has 118 valence electrons. The van der Waals surface area contributed by atoms with Crippen molar-refractivity contribution in [2.24, 2.45) is 0 Å². The first kappa shape index (κ1) is 17.4. The Balaban J connectivity index is 2.52. The molecule has 2 amide bonds. The molecule has 2 atom stereocenters. The van der Waals surface area contributed by atoms with Crippen molar-refractivity contribution in [2.45, 2.75) is 58.5 Å². The summed E-state index contributed by atoms with van der Waals surface area (Å²) in [6.45, 7) is 5.86. The van der Waals surface area contributed by atoms with Crippen LogP contribution in [0.15, 0.2) is 6.20 Å². The highest BCUT2D eigenvalue weighted by atomic mass is 32.1. The molecule has 21 heavy (non-hydrogen) atoms. The third-order valence-corrected chi connectivity index (χ3v) is 4.41. The van der Waals surface area contributed by atoms with Crippen molar-refractivity contribution in [3.8, 4) is 0 Å². The van der Waals surface area contributed by atoms with E-state index in [1.54, 1.807) is 17.5 Å². The number of nitrogens with zero attached hydrogens (tertiary/aromatic N) is 1. The third kappa shape index (κ3) is 5.71. The third-order valence-electron chi connectivity index (χ3n) is 3.09. The zero-order valence-electron chi connectivity index (χ0n) is 12.7. The topological polar surface area (TPSA) is 91.3 Å². The van der Waals surface area contributed by atoms with Gasteiger partial charge in [0.05, 0.1) is 6.04 Å². The summed E-state index contributed by atoms with van der Waals surface area (Å²) in [5.74, 6) is -1.01. The van der Waals surface area contributed by atoms with Gasteiger partial charge in [-0.25, -0.2) is 14.6 Å². The monoisotopic (exact) mass is 313 g/mol. The number of thiazole rings is 1. The minimum atomic E-state index is -1.01. The number of carboxylic acid groups (broad SMARTS) is 1. The van der Waals surface area contributed by atoms with Crippen molar-refractivity contribution in [1.82, 2.24) is 15.6 Å². The molecule has 2 unspecified atom stereocenters. The van der Waals surface area contributed by atoms with Gasteiger partial charge < -0.3 is 15.7 Å². The van der Waals surface area contributed by atoms with Crippen molar-refractivity contribution in [3.63, 3.8) is 0 Å². The van der Waals surface area contributed by atoms with Crippen LogP contribution in [0.2, 0.25) is 0 Å². The number of aryl methyl sites for hydroxylation is 1. The smallest absolute Gasteiger partial charge is 0.326 e. The maximum atomic E-state index is 11.9. The maximum absolute atomic E-state index is 11.9. The normalized spacial score (nSPS) is 13.5. The summed E-state index contributed by atoms with van der Waals surface area (Å²) in [5.41, 5.74) is 0. The molecule has 6 nitrogen and oxygen atoms in total. The van der Waals surface area contributed by atoms with E-state index in [0.29, 0.717) is 6.42 Å². The van der Waals surface area contributed by atoms with Crippen LogP contribution in [0.1, 0.15) is 56.0 Å². The number of aromatic nitrogens is 1. The van der Waals surface area contributed by atoms with E-state index in [1.165, 1.54) is 0 Å². The standard InChI is InChI=1S/C14H23N3O3S/c1-4-6-7-11(13(18)19)17-14(20)16-9(3)12-15-8-10(5-2)21-12/h8-9,11H,4-7H2,1-3H3,(H,18,19)(H2,16,17,20). The first-order chi connectivity index (χ1) is 9.97. The lowest BCUT2D eigenvalue weighted by Gasteiger charge is -2.17. The summed E-state index contributed by atoms with van der Waals surface area (Å²) >= 11 is 1.55. The maximum Gasteiger partial charge on any atom is 0.326 e. The molecule has 1 rings (SSSR count). The largest absolute Gasteiger partial charge is 0.480 e. The van der Waals surface area contributed by atoms with Crippen molar-refractivity contribution >= 4 is 23.3 Å². The molecule has 0 radical (unpaired) electrons. The number of carbonyl (C=O) groups excluding carboxylic acids is 1. The average Bonchev–Trinajstić information content (AvgIpc) is 2.92. The number of hydrogen-bond acceptors (Lipinski definition) is 4. The number of amides is 2. The number of nitrogens with one attached hydrogen (secondary N) is 2. The zero-order chi connectivity index (χ0) is 15.8. The molecule has 0 saturated heterocycles. The van der Waals surface area contributed by atoms with Gasteiger partial charge in [-0.05, 0) is 19.8 Å². The second kappa shape index (κ2) is 8.61. The van der Waals surface area contributed by atoms with Crippen LogP contribution >= 0.6 is 11.3 Å². The van der Waals surface area contributed by atoms with Gasteiger partial charge in [0.2, 0.25) is 0 Å². The van der Waals surface area contributed by atoms with Gasteiger partial charge in [0, 0.05) is 11.1 Å². The quantitative estimate of drug-likeness (QED) is 0.688. The molecule has 0 saturated carbocycles. The average molecular weight is 313 g/mol. The molecule has 7 heteroatoms. The lowest BCUT2D eigenvalue weighted by atomic mass is 10.1. The minimum absolute atomic E-state index is 0.240. The van der Waals surface area contributed by atoms with Crippen LogP contribution < -0.4 is 10.6 Å². The fourth-order valence-corrected chi connectivity index (χ4v) is 2.67. The second-order valence-electron chi connectivity index (χ2n) is 4.89. The summed E-state index contributed by atoms with van der Waals surface area (Å²) in [6.07, 6.45) is 4.80. The van der Waals surface area contributed by atoms with E-state index in [9.17, 15) is 9.59 Å². The van der Waals surface area contributed by atoms with Gasteiger partial charge in [-0.15, -0.1) is 11.3 Å². The highest BCUT2D eigenvalue weighted by molar-refractivity contribution is 7.11. The molecular weight excluding hydrogens is 290 g/mol. The molecule has 1 heterocycles. The molecule has 0 aromatic carbocycles. The van der Waals surface area contributed by atoms with Crippen LogP contribution in [-0.4, -0.2) is 28.1 Å². The van der Waals surface area contributed by atoms with Crippen LogP contribution in [0.5, 0.6) is 0 Å². The van der Waals surface area contributed by atoms with Gasteiger partial charge in [0.15, 0.2) is 0 Å². The van der Waals surface area contributed by atoms with Crippen molar-refractivity contribution in [1.29, 1.82) is 0 Å². The molecule has 0 aliphatic rings. The van der Waals surface area contributed by atoms with Crippen LogP contribution in [0, 0.1) is 0 Å². The van der Waals surface area contributed by atoms with Crippen molar-refractivity contribution in [2.75, 3.05) is 0 Å². The molecule has 1 aromatic rings. The molecule has 1 aromatic heterocycles. The summed E-state index contributed by atoms with van der Waals surface area (Å²) in [4.78, 5) is 28.4. The number of hydrogen-bond donors (Lipinski definition) is 3. The number of rotatable bonds is 8. The molecule has 0 spiro atoms. The lowest BCUT2D eigenvalue weighted by molar-refractivity contribution is -0.139. The molecule has 0 bridgehead atoms. The van der Waals surface area contributed by atoms with Crippen LogP contribution in [0.25, 0.3) is 0 Å². The van der Waals surface area contributed by atoms with E-state index in [4.69, 9.17) is 5.11 Å². The van der Waals surface area contributed by atoms with Crippen LogP contribution in [0.3, 0.4) is 0 Å². The highest BCUT2D eigenvalue weighted by Crippen LogP contribution is 2.20. The van der Waals surface area contributed by atoms with Crippen LogP contribution in [0.4, 0.5) is 4.79 Å². The first-order valence-corrected chi connectivity index (χ1v) is 8.04. The first-order valence-electron chi connectivity index (χ1n) is 7.22. The number of aliphatic carboxylic acids is 1. The Morgan fingerprint density at radius 2 is 2.10 bits per heavy atom. The molecular formula is C14H23N3O3S. The van der Waals surface area contributed by atoms with E-state index in [0.717, 1.165) is 29.1 Å². The fourth-order valence-electron chi connectivity index (χ4n) is 1.81. The van der Waals surface area contributed by atoms with Gasteiger partial charge in [-0.1, -0.05) is 26.7 Å². The predicted octanol–water partition coefficient (Wildman–Crippen LogP) is 2.71. The lowest BCUT2D eigenvalue weighted by Crippen LogP contribution is -2.46. The van der Waals surface area contributed by atoms with Crippen molar-refractivity contribution < 1.29 is 14.7 Å². The Labute approximate surface area is 129 Å². The SMILES string of the molecule is CCCCC(NC(=O)NC(C)c1ncc(CC)s1)C(=O)O. The Hall–Kier alpha value is -1.63. The zero-order valence-corrected chi connectivity index (χ0v) is 13.5. The Morgan fingerprint density at radius 1 is 1.38 bits per heavy atom. The summed E-state index contributed by atoms with van der Waals surface area (Å²) < 4.78 is 0. The van der Waals surface area contributed by atoms with Gasteiger partial charge in [-0.3, -0.25) is 0 Å². The van der Waals surface area contributed by atoms with Crippen molar-refractivity contribution in [3.05, 3.63) is 16.1 Å². The number of carbonyl (C=O) groups is 2. The second-order valence-corrected chi connectivity index (χ2v) is 6.04. The predicted molar refractivity (Wildman–Crippen MR) is 82.5 cm³/mol. The fraction of sp³-hybridized carbons (Fsp3) is 0.643. The van der Waals surface area contributed by atoms with Gasteiger partial charge in [-0.2, -0.15) is 0 Å². The highest BCUT2D eigenvalue weighted by Gasteiger charge is 2.20. The van der Waals surface area contributed by atoms with Gasteiger partial charge in [0.1, 0.15) is 11.0 Å².